The summed E-state index contributed by atoms with van der Waals surface area (Å²) in [6.07, 6.45) is 3.59. The van der Waals surface area contributed by atoms with Crippen LogP contribution in [0.15, 0.2) is 24.3 Å². The topological polar surface area (TPSA) is 0 Å². The van der Waals surface area contributed by atoms with E-state index in [-0.39, 0.29) is 10.8 Å². The minimum atomic E-state index is 0.235. The molecule has 0 saturated carbocycles. The lowest BCUT2D eigenvalue weighted by molar-refractivity contribution is 0.503. The Morgan fingerprint density at radius 1 is 1.05 bits per heavy atom. The van der Waals surface area contributed by atoms with Crippen LogP contribution in [0.4, 0.5) is 0 Å². The van der Waals surface area contributed by atoms with E-state index in [1.807, 2.05) is 13.8 Å². The number of aryl methyl sites for hydroxylation is 1. The molecule has 106 valence electrons. The van der Waals surface area contributed by atoms with Gasteiger partial charge in [-0.1, -0.05) is 78.3 Å². The summed E-state index contributed by atoms with van der Waals surface area (Å²) in [7, 11) is 0. The van der Waals surface area contributed by atoms with E-state index in [1.165, 1.54) is 22.3 Å². The summed E-state index contributed by atoms with van der Waals surface area (Å²) in [4.78, 5) is 0. The molecule has 0 N–H and O–H groups in total. The first kappa shape index (κ1) is 16.0. The fraction of sp³-hybridized carbons (Fsp3) is 0.579. The Morgan fingerprint density at radius 2 is 1.63 bits per heavy atom. The minimum absolute atomic E-state index is 0.235. The van der Waals surface area contributed by atoms with Gasteiger partial charge < -0.3 is 0 Å². The van der Waals surface area contributed by atoms with E-state index in [4.69, 9.17) is 0 Å². The third-order valence-corrected chi connectivity index (χ3v) is 3.82. The monoisotopic (exact) mass is 258 g/mol. The lowest BCUT2D eigenvalue weighted by Gasteiger charge is -2.36. The maximum atomic E-state index is 2.45. The largest absolute Gasteiger partial charge is 0.0793 e. The molecular formula is C19H30. The standard InChI is InChI=1S/C17H24.C2H6/c1-12-7-8-15-13(11-12)14(16(2,3)4)9-10-17(15,5)6;1-2/h7-9,11H,10H2,1-6H3;1-2H3. The van der Waals surface area contributed by atoms with E-state index in [9.17, 15) is 0 Å². The van der Waals surface area contributed by atoms with Crippen molar-refractivity contribution in [2.24, 2.45) is 5.41 Å². The van der Waals surface area contributed by atoms with Crippen molar-refractivity contribution in [2.45, 2.75) is 67.2 Å². The molecule has 19 heavy (non-hydrogen) atoms. The van der Waals surface area contributed by atoms with Crippen molar-refractivity contribution >= 4 is 5.57 Å². The van der Waals surface area contributed by atoms with Gasteiger partial charge in [-0.15, -0.1) is 0 Å². The Bertz CT molecular complexity index is 467. The highest BCUT2D eigenvalue weighted by atomic mass is 14.4. The van der Waals surface area contributed by atoms with Crippen LogP contribution in [-0.4, -0.2) is 0 Å². The van der Waals surface area contributed by atoms with Crippen LogP contribution in [-0.2, 0) is 5.41 Å². The second kappa shape index (κ2) is 5.53. The van der Waals surface area contributed by atoms with E-state index in [1.54, 1.807) is 0 Å². The number of hydrogen-bond donors (Lipinski definition) is 0. The molecular weight excluding hydrogens is 228 g/mol. The Labute approximate surface area is 119 Å². The van der Waals surface area contributed by atoms with Crippen molar-refractivity contribution in [3.05, 3.63) is 41.0 Å². The van der Waals surface area contributed by atoms with Crippen molar-refractivity contribution in [3.8, 4) is 0 Å². The van der Waals surface area contributed by atoms with E-state index in [0.717, 1.165) is 6.42 Å². The quantitative estimate of drug-likeness (QED) is 0.525. The highest BCUT2D eigenvalue weighted by molar-refractivity contribution is 5.75. The number of rotatable bonds is 0. The van der Waals surface area contributed by atoms with Crippen LogP contribution >= 0.6 is 0 Å². The van der Waals surface area contributed by atoms with E-state index < -0.39 is 0 Å². The van der Waals surface area contributed by atoms with Gasteiger partial charge in [0.1, 0.15) is 0 Å². The van der Waals surface area contributed by atoms with Gasteiger partial charge >= 0.3 is 0 Å². The summed E-state index contributed by atoms with van der Waals surface area (Å²) in [5.74, 6) is 0. The number of fused-ring (bicyclic) bond motifs is 1. The van der Waals surface area contributed by atoms with Crippen LogP contribution in [0.25, 0.3) is 5.57 Å². The molecule has 0 aliphatic heterocycles. The SMILES string of the molecule is CC.Cc1ccc2c(c1)C(C(C)(C)C)=CCC2(C)C. The molecule has 0 amide bonds. The van der Waals surface area contributed by atoms with E-state index >= 15 is 0 Å². The van der Waals surface area contributed by atoms with Crippen LogP contribution in [0.3, 0.4) is 0 Å². The molecule has 0 unspecified atom stereocenters. The fourth-order valence-electron chi connectivity index (χ4n) is 2.76. The lowest BCUT2D eigenvalue weighted by Crippen LogP contribution is -2.25. The average Bonchev–Trinajstić information content (AvgIpc) is 2.29. The lowest BCUT2D eigenvalue weighted by atomic mass is 9.68. The van der Waals surface area contributed by atoms with Gasteiger partial charge in [-0.2, -0.15) is 0 Å². The Morgan fingerprint density at radius 3 is 2.16 bits per heavy atom. The highest BCUT2D eigenvalue weighted by Crippen LogP contribution is 2.45. The first-order valence-corrected chi connectivity index (χ1v) is 7.54. The van der Waals surface area contributed by atoms with E-state index in [2.05, 4.69) is 65.8 Å². The molecule has 1 aromatic rings. The number of allylic oxidation sites excluding steroid dienone is 2. The molecule has 0 radical (unpaired) electrons. The summed E-state index contributed by atoms with van der Waals surface area (Å²) in [6, 6.07) is 6.92. The third kappa shape index (κ3) is 3.29. The number of hydrogen-bond acceptors (Lipinski definition) is 0. The molecule has 1 aromatic carbocycles. The predicted octanol–water partition coefficient (Wildman–Crippen LogP) is 6.13. The van der Waals surface area contributed by atoms with Gasteiger partial charge in [0.25, 0.3) is 0 Å². The minimum Gasteiger partial charge on any atom is -0.0793 e. The van der Waals surface area contributed by atoms with Gasteiger partial charge in [0.15, 0.2) is 0 Å². The van der Waals surface area contributed by atoms with Crippen LogP contribution in [0, 0.1) is 12.3 Å². The highest BCUT2D eigenvalue weighted by Gasteiger charge is 2.31. The molecule has 0 saturated heterocycles. The molecule has 1 aliphatic carbocycles. The van der Waals surface area contributed by atoms with E-state index in [0.29, 0.717) is 0 Å². The summed E-state index contributed by atoms with van der Waals surface area (Å²) < 4.78 is 0. The van der Waals surface area contributed by atoms with Gasteiger partial charge in [-0.05, 0) is 40.9 Å². The second-order valence-electron chi connectivity index (χ2n) is 7.00. The summed E-state index contributed by atoms with van der Waals surface area (Å²) in [6.45, 7) is 17.8. The molecule has 0 bridgehead atoms. The first-order chi connectivity index (χ1) is 8.72. The Balaban J connectivity index is 0.000000861. The van der Waals surface area contributed by atoms with Gasteiger partial charge in [-0.25, -0.2) is 0 Å². The summed E-state index contributed by atoms with van der Waals surface area (Å²) in [5.41, 5.74) is 6.35. The van der Waals surface area contributed by atoms with Gasteiger partial charge in [0.05, 0.1) is 0 Å². The van der Waals surface area contributed by atoms with Crippen LogP contribution < -0.4 is 0 Å². The van der Waals surface area contributed by atoms with Gasteiger partial charge in [0.2, 0.25) is 0 Å². The van der Waals surface area contributed by atoms with Crippen molar-refractivity contribution < 1.29 is 0 Å². The zero-order valence-corrected chi connectivity index (χ0v) is 14.0. The molecule has 0 atom stereocenters. The molecule has 0 fully saturated rings. The predicted molar refractivity (Wildman–Crippen MR) is 87.6 cm³/mol. The van der Waals surface area contributed by atoms with Crippen molar-refractivity contribution in [3.63, 3.8) is 0 Å². The normalized spacial score (nSPS) is 16.9. The third-order valence-electron chi connectivity index (χ3n) is 3.82. The van der Waals surface area contributed by atoms with Crippen LogP contribution in [0.1, 0.15) is 71.6 Å². The molecule has 0 heterocycles. The van der Waals surface area contributed by atoms with Crippen molar-refractivity contribution in [1.82, 2.24) is 0 Å². The average molecular weight is 258 g/mol. The number of benzene rings is 1. The molecule has 0 heteroatoms. The summed E-state index contributed by atoms with van der Waals surface area (Å²) in [5, 5.41) is 0. The van der Waals surface area contributed by atoms with Crippen LogP contribution in [0.2, 0.25) is 0 Å². The van der Waals surface area contributed by atoms with Gasteiger partial charge in [-0.3, -0.25) is 0 Å². The molecule has 0 nitrogen and oxygen atoms in total. The maximum absolute atomic E-state index is 2.45. The van der Waals surface area contributed by atoms with Gasteiger partial charge in [0, 0.05) is 0 Å². The summed E-state index contributed by atoms with van der Waals surface area (Å²) >= 11 is 0. The molecule has 2 rings (SSSR count). The molecule has 1 aliphatic rings. The molecule has 0 aromatic heterocycles. The Hall–Kier alpha value is -1.04. The molecule has 0 spiro atoms. The zero-order chi connectivity index (χ0) is 14.8. The zero-order valence-electron chi connectivity index (χ0n) is 14.0. The Kier molecular flexibility index (Phi) is 4.66. The van der Waals surface area contributed by atoms with Crippen molar-refractivity contribution in [1.29, 1.82) is 0 Å². The van der Waals surface area contributed by atoms with Crippen molar-refractivity contribution in [2.75, 3.05) is 0 Å². The smallest absolute Gasteiger partial charge is 0.00629 e. The fourth-order valence-corrected chi connectivity index (χ4v) is 2.76. The van der Waals surface area contributed by atoms with Crippen LogP contribution in [0.5, 0.6) is 0 Å². The second-order valence-corrected chi connectivity index (χ2v) is 7.00. The first-order valence-electron chi connectivity index (χ1n) is 7.54. The maximum Gasteiger partial charge on any atom is -0.00629 e.